The third kappa shape index (κ3) is 2.07. The van der Waals surface area contributed by atoms with Crippen molar-refractivity contribution in [1.29, 1.82) is 0 Å². The highest BCUT2D eigenvalue weighted by atomic mass is 35.5. The van der Waals surface area contributed by atoms with E-state index in [1.165, 1.54) is 6.42 Å². The molecule has 3 nitrogen and oxygen atoms in total. The lowest BCUT2D eigenvalue weighted by atomic mass is 9.80. The molecule has 0 aromatic carbocycles. The van der Waals surface area contributed by atoms with Crippen molar-refractivity contribution in [3.05, 3.63) is 18.1 Å². The predicted octanol–water partition coefficient (Wildman–Crippen LogP) is 2.45. The Morgan fingerprint density at radius 1 is 1.40 bits per heavy atom. The Morgan fingerprint density at radius 2 is 2.13 bits per heavy atom. The van der Waals surface area contributed by atoms with Crippen LogP contribution in [-0.2, 0) is 5.88 Å². The number of hydrogen-bond acceptors (Lipinski definition) is 3. The first-order valence-electron chi connectivity index (χ1n) is 5.29. The molecular formula is C11H16ClN3. The molecule has 0 amide bonds. The number of nitrogens with zero attached hydrogens (tertiary/aromatic N) is 3. The normalized spacial score (nSPS) is 18.7. The summed E-state index contributed by atoms with van der Waals surface area (Å²) in [5.74, 6) is 1.40. The Balaban J connectivity index is 2.01. The maximum absolute atomic E-state index is 5.66. The fraction of sp³-hybridized carbons (Fsp3) is 0.636. The van der Waals surface area contributed by atoms with Crippen LogP contribution in [0.4, 0.5) is 5.82 Å². The number of rotatable bonds is 3. The fourth-order valence-electron chi connectivity index (χ4n) is 1.84. The lowest BCUT2D eigenvalue weighted by Crippen LogP contribution is -2.54. The molecule has 0 radical (unpaired) electrons. The van der Waals surface area contributed by atoms with Gasteiger partial charge in [0.1, 0.15) is 5.82 Å². The van der Waals surface area contributed by atoms with Crippen LogP contribution in [0.15, 0.2) is 12.4 Å². The van der Waals surface area contributed by atoms with E-state index in [2.05, 4.69) is 28.7 Å². The van der Waals surface area contributed by atoms with Crippen LogP contribution in [-0.4, -0.2) is 23.1 Å². The van der Waals surface area contributed by atoms with Gasteiger partial charge < -0.3 is 4.90 Å². The molecule has 1 saturated heterocycles. The smallest absolute Gasteiger partial charge is 0.147 e. The third-order valence-corrected chi connectivity index (χ3v) is 3.43. The maximum Gasteiger partial charge on any atom is 0.147 e. The lowest BCUT2D eigenvalue weighted by Gasteiger charge is -2.48. The van der Waals surface area contributed by atoms with Gasteiger partial charge in [-0.3, -0.25) is 4.98 Å². The van der Waals surface area contributed by atoms with Crippen LogP contribution in [0.3, 0.4) is 0 Å². The van der Waals surface area contributed by atoms with Crippen LogP contribution in [0, 0.1) is 5.41 Å². The molecule has 2 rings (SSSR count). The van der Waals surface area contributed by atoms with Crippen molar-refractivity contribution in [2.24, 2.45) is 5.41 Å². The van der Waals surface area contributed by atoms with Crippen LogP contribution in [0.25, 0.3) is 0 Å². The van der Waals surface area contributed by atoms with Crippen LogP contribution < -0.4 is 4.90 Å². The largest absolute Gasteiger partial charge is 0.354 e. The summed E-state index contributed by atoms with van der Waals surface area (Å²) in [6, 6.07) is 0. The van der Waals surface area contributed by atoms with E-state index >= 15 is 0 Å². The quantitative estimate of drug-likeness (QED) is 0.740. The molecule has 0 aliphatic carbocycles. The molecular weight excluding hydrogens is 210 g/mol. The minimum absolute atomic E-state index is 0.431. The van der Waals surface area contributed by atoms with Crippen molar-refractivity contribution in [2.45, 2.75) is 26.1 Å². The molecule has 1 aliphatic heterocycles. The average molecular weight is 226 g/mol. The molecule has 15 heavy (non-hydrogen) atoms. The minimum Gasteiger partial charge on any atom is -0.354 e. The summed E-state index contributed by atoms with van der Waals surface area (Å²) < 4.78 is 0. The standard InChI is InChI=1S/C11H16ClN3/c1-3-11(2)7-15(8-11)10-6-13-9(4-12)5-14-10/h5-6H,3-4,7-8H2,1-2H3. The van der Waals surface area contributed by atoms with E-state index in [1.54, 1.807) is 6.20 Å². The molecule has 1 aliphatic rings. The van der Waals surface area contributed by atoms with E-state index < -0.39 is 0 Å². The molecule has 82 valence electrons. The van der Waals surface area contributed by atoms with Crippen molar-refractivity contribution >= 4 is 17.4 Å². The molecule has 1 aromatic rings. The highest BCUT2D eigenvalue weighted by molar-refractivity contribution is 6.16. The summed E-state index contributed by atoms with van der Waals surface area (Å²) in [4.78, 5) is 10.8. The Hall–Kier alpha value is -0.830. The van der Waals surface area contributed by atoms with Crippen LogP contribution >= 0.6 is 11.6 Å². The zero-order valence-corrected chi connectivity index (χ0v) is 9.96. The average Bonchev–Trinajstić information content (AvgIpc) is 2.25. The number of halogens is 1. The van der Waals surface area contributed by atoms with E-state index in [-0.39, 0.29) is 0 Å². The molecule has 0 unspecified atom stereocenters. The first kappa shape index (κ1) is 10.7. The van der Waals surface area contributed by atoms with Crippen LogP contribution in [0.1, 0.15) is 26.0 Å². The summed E-state index contributed by atoms with van der Waals surface area (Å²) >= 11 is 5.66. The monoisotopic (exact) mass is 225 g/mol. The fourth-order valence-corrected chi connectivity index (χ4v) is 1.98. The van der Waals surface area contributed by atoms with E-state index in [4.69, 9.17) is 11.6 Å². The van der Waals surface area contributed by atoms with Crippen LogP contribution in [0.2, 0.25) is 0 Å². The number of aromatic nitrogens is 2. The first-order valence-corrected chi connectivity index (χ1v) is 5.82. The molecule has 1 aromatic heterocycles. The van der Waals surface area contributed by atoms with Gasteiger partial charge in [0.05, 0.1) is 24.0 Å². The molecule has 1 fully saturated rings. The number of anilines is 1. The Labute approximate surface area is 95.5 Å². The molecule has 0 spiro atoms. The Kier molecular flexibility index (Phi) is 2.83. The topological polar surface area (TPSA) is 29.0 Å². The van der Waals surface area contributed by atoms with Gasteiger partial charge in [0, 0.05) is 18.5 Å². The van der Waals surface area contributed by atoms with Gasteiger partial charge in [-0.2, -0.15) is 0 Å². The van der Waals surface area contributed by atoms with Gasteiger partial charge in [0.25, 0.3) is 0 Å². The van der Waals surface area contributed by atoms with Gasteiger partial charge >= 0.3 is 0 Å². The number of alkyl halides is 1. The second kappa shape index (κ2) is 3.97. The van der Waals surface area contributed by atoms with E-state index in [0.717, 1.165) is 24.6 Å². The summed E-state index contributed by atoms with van der Waals surface area (Å²) in [5.41, 5.74) is 1.30. The van der Waals surface area contributed by atoms with Gasteiger partial charge in [-0.1, -0.05) is 13.8 Å². The molecule has 2 heterocycles. The van der Waals surface area contributed by atoms with E-state index in [0.29, 0.717) is 11.3 Å². The Bertz CT molecular complexity index is 330. The summed E-state index contributed by atoms with van der Waals surface area (Å²) in [5, 5.41) is 0. The highest BCUT2D eigenvalue weighted by Gasteiger charge is 2.37. The third-order valence-electron chi connectivity index (χ3n) is 3.15. The summed E-state index contributed by atoms with van der Waals surface area (Å²) in [6.45, 7) is 6.71. The van der Waals surface area contributed by atoms with Gasteiger partial charge in [-0.05, 0) is 6.42 Å². The molecule has 0 bridgehead atoms. The molecule has 0 N–H and O–H groups in total. The second-order valence-electron chi connectivity index (χ2n) is 4.52. The van der Waals surface area contributed by atoms with Gasteiger partial charge in [-0.15, -0.1) is 11.6 Å². The van der Waals surface area contributed by atoms with Gasteiger partial charge in [-0.25, -0.2) is 4.98 Å². The lowest BCUT2D eigenvalue weighted by molar-refractivity contribution is 0.232. The minimum atomic E-state index is 0.431. The predicted molar refractivity (Wildman–Crippen MR) is 62.2 cm³/mol. The Morgan fingerprint density at radius 3 is 2.60 bits per heavy atom. The second-order valence-corrected chi connectivity index (χ2v) is 4.79. The summed E-state index contributed by atoms with van der Waals surface area (Å²) in [7, 11) is 0. The van der Waals surface area contributed by atoms with E-state index in [1.807, 2.05) is 6.20 Å². The van der Waals surface area contributed by atoms with Crippen molar-refractivity contribution in [3.63, 3.8) is 0 Å². The zero-order valence-electron chi connectivity index (χ0n) is 9.20. The van der Waals surface area contributed by atoms with Crippen LogP contribution in [0.5, 0.6) is 0 Å². The van der Waals surface area contributed by atoms with Crippen molar-refractivity contribution in [1.82, 2.24) is 9.97 Å². The first-order chi connectivity index (χ1) is 7.17. The molecule has 4 heteroatoms. The molecule has 0 atom stereocenters. The zero-order chi connectivity index (χ0) is 10.9. The maximum atomic E-state index is 5.66. The highest BCUT2D eigenvalue weighted by Crippen LogP contribution is 2.35. The SMILES string of the molecule is CCC1(C)CN(c2cnc(CCl)cn2)C1. The van der Waals surface area contributed by atoms with E-state index in [9.17, 15) is 0 Å². The van der Waals surface area contributed by atoms with Gasteiger partial charge in [0.15, 0.2) is 0 Å². The van der Waals surface area contributed by atoms with Crippen molar-refractivity contribution < 1.29 is 0 Å². The van der Waals surface area contributed by atoms with Crippen molar-refractivity contribution in [2.75, 3.05) is 18.0 Å². The summed E-state index contributed by atoms with van der Waals surface area (Å²) in [6.07, 6.45) is 4.79. The van der Waals surface area contributed by atoms with Gasteiger partial charge in [0.2, 0.25) is 0 Å². The van der Waals surface area contributed by atoms with Crippen molar-refractivity contribution in [3.8, 4) is 0 Å². The number of hydrogen-bond donors (Lipinski definition) is 0. The molecule has 0 saturated carbocycles.